The lowest BCUT2D eigenvalue weighted by Gasteiger charge is -2.26. The molecule has 0 aliphatic rings. The fourth-order valence-electron chi connectivity index (χ4n) is 2.15. The van der Waals surface area contributed by atoms with E-state index in [4.69, 9.17) is 4.74 Å². The van der Waals surface area contributed by atoms with E-state index in [-0.39, 0.29) is 19.6 Å². The third kappa shape index (κ3) is 6.50. The van der Waals surface area contributed by atoms with Gasteiger partial charge < -0.3 is 9.84 Å². The monoisotopic (exact) mass is 310 g/mol. The molecule has 2 unspecified atom stereocenters. The molecule has 2 atom stereocenters. The van der Waals surface area contributed by atoms with Crippen LogP contribution in [0.5, 0.6) is 0 Å². The smallest absolute Gasteiger partial charge is 0.271 e. The molecule has 0 amide bonds. The van der Waals surface area contributed by atoms with E-state index >= 15 is 0 Å². The normalized spacial score (nSPS) is 14.3. The molecule has 0 aliphatic heterocycles. The van der Waals surface area contributed by atoms with Gasteiger partial charge in [-0.05, 0) is 30.9 Å². The van der Waals surface area contributed by atoms with Crippen molar-refractivity contribution in [3.8, 4) is 0 Å². The molecule has 1 N–H and O–H groups in total. The van der Waals surface area contributed by atoms with Gasteiger partial charge in [0.15, 0.2) is 0 Å². The molecule has 0 heterocycles. The average molecular weight is 310 g/mol. The molecule has 0 aliphatic carbocycles. The number of aliphatic hydroxyl groups is 1. The zero-order chi connectivity index (χ0) is 16.4. The SMILES string of the molecule is C=CCCC(O)CC(COCc1ccccc1)C(F)(F)C=C. The first-order valence-corrected chi connectivity index (χ1v) is 7.41. The maximum atomic E-state index is 13.9. The molecular weight excluding hydrogens is 286 g/mol. The van der Waals surface area contributed by atoms with E-state index in [0.29, 0.717) is 18.9 Å². The molecular formula is C18H24F2O2. The van der Waals surface area contributed by atoms with Gasteiger partial charge in [0.2, 0.25) is 0 Å². The van der Waals surface area contributed by atoms with E-state index in [9.17, 15) is 13.9 Å². The van der Waals surface area contributed by atoms with E-state index in [1.807, 2.05) is 30.3 Å². The van der Waals surface area contributed by atoms with Crippen LogP contribution in [0, 0.1) is 5.92 Å². The van der Waals surface area contributed by atoms with Crippen LogP contribution in [0.25, 0.3) is 0 Å². The van der Waals surface area contributed by atoms with E-state index in [0.717, 1.165) is 5.56 Å². The molecule has 1 rings (SSSR count). The lowest BCUT2D eigenvalue weighted by atomic mass is 9.93. The molecule has 0 radical (unpaired) electrons. The highest BCUT2D eigenvalue weighted by Gasteiger charge is 2.37. The van der Waals surface area contributed by atoms with Crippen molar-refractivity contribution < 1.29 is 18.6 Å². The Kier molecular flexibility index (Phi) is 7.99. The van der Waals surface area contributed by atoms with Gasteiger partial charge in [-0.2, -0.15) is 0 Å². The molecule has 0 fully saturated rings. The Morgan fingerprint density at radius 1 is 1.23 bits per heavy atom. The minimum Gasteiger partial charge on any atom is -0.393 e. The van der Waals surface area contributed by atoms with Gasteiger partial charge in [0, 0.05) is 0 Å². The molecule has 0 spiro atoms. The van der Waals surface area contributed by atoms with E-state index in [1.165, 1.54) is 0 Å². The van der Waals surface area contributed by atoms with Crippen molar-refractivity contribution in [3.63, 3.8) is 0 Å². The summed E-state index contributed by atoms with van der Waals surface area (Å²) < 4.78 is 33.2. The molecule has 1 aromatic carbocycles. The Morgan fingerprint density at radius 3 is 2.50 bits per heavy atom. The van der Waals surface area contributed by atoms with Crippen LogP contribution in [0.3, 0.4) is 0 Å². The van der Waals surface area contributed by atoms with Gasteiger partial charge in [0.1, 0.15) is 0 Å². The molecule has 0 bridgehead atoms. The van der Waals surface area contributed by atoms with Gasteiger partial charge in [0.05, 0.1) is 25.2 Å². The maximum absolute atomic E-state index is 13.9. The Morgan fingerprint density at radius 2 is 1.91 bits per heavy atom. The Balaban J connectivity index is 2.54. The zero-order valence-corrected chi connectivity index (χ0v) is 12.8. The summed E-state index contributed by atoms with van der Waals surface area (Å²) in [5.74, 6) is -4.15. The number of hydrogen-bond acceptors (Lipinski definition) is 2. The quantitative estimate of drug-likeness (QED) is 0.615. The number of halogens is 2. The van der Waals surface area contributed by atoms with Gasteiger partial charge in [-0.1, -0.05) is 43.0 Å². The molecule has 0 saturated heterocycles. The number of benzene rings is 1. The summed E-state index contributed by atoms with van der Waals surface area (Å²) >= 11 is 0. The number of rotatable bonds is 11. The molecule has 1 aromatic rings. The second-order valence-electron chi connectivity index (χ2n) is 5.33. The van der Waals surface area contributed by atoms with E-state index < -0.39 is 17.9 Å². The van der Waals surface area contributed by atoms with Crippen molar-refractivity contribution in [1.29, 1.82) is 0 Å². The van der Waals surface area contributed by atoms with Crippen molar-refractivity contribution in [3.05, 3.63) is 61.2 Å². The van der Waals surface area contributed by atoms with Gasteiger partial charge in [0.25, 0.3) is 5.92 Å². The van der Waals surface area contributed by atoms with Gasteiger partial charge in [-0.25, -0.2) is 8.78 Å². The molecule has 0 aromatic heterocycles. The highest BCUT2D eigenvalue weighted by Crippen LogP contribution is 2.31. The predicted molar refractivity (Wildman–Crippen MR) is 84.8 cm³/mol. The summed E-state index contributed by atoms with van der Waals surface area (Å²) in [5.41, 5.74) is 0.926. The standard InChI is InChI=1S/C18H24F2O2/c1-3-5-11-17(21)12-16(18(19,20)4-2)14-22-13-15-9-7-6-8-10-15/h3-4,6-10,16-17,21H,1-2,5,11-14H2. The minimum absolute atomic E-state index is 0.0261. The molecule has 2 nitrogen and oxygen atoms in total. The first kappa shape index (κ1) is 18.5. The van der Waals surface area contributed by atoms with Crippen LogP contribution in [0.1, 0.15) is 24.8 Å². The number of allylic oxidation sites excluding steroid dienone is 2. The average Bonchev–Trinajstić information content (AvgIpc) is 2.53. The van der Waals surface area contributed by atoms with Gasteiger partial charge >= 0.3 is 0 Å². The second-order valence-corrected chi connectivity index (χ2v) is 5.33. The topological polar surface area (TPSA) is 29.5 Å². The number of aliphatic hydroxyl groups excluding tert-OH is 1. The minimum atomic E-state index is -3.06. The van der Waals surface area contributed by atoms with Crippen molar-refractivity contribution >= 4 is 0 Å². The summed E-state index contributed by atoms with van der Waals surface area (Å²) in [6.45, 7) is 6.89. The highest BCUT2D eigenvalue weighted by atomic mass is 19.3. The van der Waals surface area contributed by atoms with Crippen molar-refractivity contribution in [2.24, 2.45) is 5.92 Å². The zero-order valence-electron chi connectivity index (χ0n) is 12.8. The van der Waals surface area contributed by atoms with E-state index in [1.54, 1.807) is 6.08 Å². The lowest BCUT2D eigenvalue weighted by Crippen LogP contribution is -2.33. The third-order valence-corrected chi connectivity index (χ3v) is 3.51. The van der Waals surface area contributed by atoms with Gasteiger partial charge in [-0.15, -0.1) is 6.58 Å². The summed E-state index contributed by atoms with van der Waals surface area (Å²) in [7, 11) is 0. The van der Waals surface area contributed by atoms with Crippen molar-refractivity contribution in [1.82, 2.24) is 0 Å². The van der Waals surface area contributed by atoms with Crippen LogP contribution in [0.4, 0.5) is 8.78 Å². The van der Waals surface area contributed by atoms with Crippen molar-refractivity contribution in [2.75, 3.05) is 6.61 Å². The van der Waals surface area contributed by atoms with Crippen LogP contribution in [-0.2, 0) is 11.3 Å². The van der Waals surface area contributed by atoms with E-state index in [2.05, 4.69) is 13.2 Å². The van der Waals surface area contributed by atoms with Crippen LogP contribution in [-0.4, -0.2) is 23.7 Å². The fourth-order valence-corrected chi connectivity index (χ4v) is 2.15. The first-order valence-electron chi connectivity index (χ1n) is 7.41. The number of hydrogen-bond donors (Lipinski definition) is 1. The van der Waals surface area contributed by atoms with Crippen molar-refractivity contribution in [2.45, 2.75) is 37.9 Å². The molecule has 0 saturated carbocycles. The summed E-state index contributed by atoms with van der Waals surface area (Å²) in [6, 6.07) is 9.37. The van der Waals surface area contributed by atoms with Crippen LogP contribution >= 0.6 is 0 Å². The summed E-state index contributed by atoms with van der Waals surface area (Å²) in [4.78, 5) is 0. The lowest BCUT2D eigenvalue weighted by molar-refractivity contribution is -0.0697. The van der Waals surface area contributed by atoms with Crippen LogP contribution < -0.4 is 0 Å². The Labute approximate surface area is 131 Å². The Hall–Kier alpha value is -1.52. The Bertz CT molecular complexity index is 446. The van der Waals surface area contributed by atoms with Crippen LogP contribution in [0.15, 0.2) is 55.6 Å². The van der Waals surface area contributed by atoms with Crippen LogP contribution in [0.2, 0.25) is 0 Å². The maximum Gasteiger partial charge on any atom is 0.271 e. The number of alkyl halides is 2. The molecule has 4 heteroatoms. The summed E-state index contributed by atoms with van der Waals surface area (Å²) in [5, 5.41) is 9.85. The first-order chi connectivity index (χ1) is 10.5. The molecule has 122 valence electrons. The summed E-state index contributed by atoms with van der Waals surface area (Å²) in [6.07, 6.45) is 2.49. The third-order valence-electron chi connectivity index (χ3n) is 3.51. The fraction of sp³-hybridized carbons (Fsp3) is 0.444. The molecule has 22 heavy (non-hydrogen) atoms. The largest absolute Gasteiger partial charge is 0.393 e. The highest BCUT2D eigenvalue weighted by molar-refractivity contribution is 5.13. The number of ether oxygens (including phenoxy) is 1. The second kappa shape index (κ2) is 9.49. The van der Waals surface area contributed by atoms with Gasteiger partial charge in [-0.3, -0.25) is 0 Å². The predicted octanol–water partition coefficient (Wildman–Crippen LogP) is 4.36.